The average Bonchev–Trinajstić information content (AvgIpc) is 3.08. The van der Waals surface area contributed by atoms with Gasteiger partial charge in [0.25, 0.3) is 5.91 Å². The van der Waals surface area contributed by atoms with Crippen LogP contribution >= 0.6 is 0 Å². The summed E-state index contributed by atoms with van der Waals surface area (Å²) in [4.78, 5) is 31.9. The van der Waals surface area contributed by atoms with Gasteiger partial charge in [0.05, 0.1) is 17.3 Å². The van der Waals surface area contributed by atoms with E-state index in [1.54, 1.807) is 16.8 Å². The van der Waals surface area contributed by atoms with Crippen LogP contribution in [0.4, 0.5) is 0 Å². The lowest BCUT2D eigenvalue weighted by Gasteiger charge is -2.49. The lowest BCUT2D eigenvalue weighted by molar-refractivity contribution is -0.130. The molecule has 2 aromatic rings. The fourth-order valence-corrected chi connectivity index (χ4v) is 4.49. The number of hydrogen-bond acceptors (Lipinski definition) is 4. The Morgan fingerprint density at radius 2 is 2.14 bits per heavy atom. The Morgan fingerprint density at radius 3 is 2.96 bits per heavy atom. The molecular formula is C21H27N5O2. The Labute approximate surface area is 165 Å². The Bertz CT molecular complexity index is 907. The number of amides is 2. The molecule has 1 atom stereocenters. The van der Waals surface area contributed by atoms with Crippen molar-refractivity contribution in [3.05, 3.63) is 48.8 Å². The minimum absolute atomic E-state index is 0.0206. The first kappa shape index (κ1) is 18.7. The zero-order chi connectivity index (χ0) is 19.7. The van der Waals surface area contributed by atoms with E-state index in [9.17, 15) is 9.59 Å². The van der Waals surface area contributed by atoms with Crippen molar-refractivity contribution in [2.24, 2.45) is 0 Å². The van der Waals surface area contributed by atoms with E-state index >= 15 is 0 Å². The van der Waals surface area contributed by atoms with E-state index in [-0.39, 0.29) is 17.4 Å². The molecule has 0 saturated carbocycles. The second kappa shape index (κ2) is 7.39. The summed E-state index contributed by atoms with van der Waals surface area (Å²) in [6.45, 7) is 7.18. The van der Waals surface area contributed by atoms with Gasteiger partial charge in [-0.25, -0.2) is 4.52 Å². The Balaban J connectivity index is 1.57. The molecule has 2 aliphatic rings. The van der Waals surface area contributed by atoms with Crippen molar-refractivity contribution >= 4 is 17.3 Å². The van der Waals surface area contributed by atoms with E-state index in [0.29, 0.717) is 38.2 Å². The van der Waals surface area contributed by atoms with Gasteiger partial charge >= 0.3 is 0 Å². The number of fused-ring (bicyclic) bond motifs is 1. The van der Waals surface area contributed by atoms with Gasteiger partial charge in [0.2, 0.25) is 5.91 Å². The van der Waals surface area contributed by atoms with Crippen LogP contribution in [-0.4, -0.2) is 81.4 Å². The smallest absolute Gasteiger partial charge is 0.257 e. The monoisotopic (exact) mass is 381 g/mol. The van der Waals surface area contributed by atoms with Gasteiger partial charge in [0, 0.05) is 50.9 Å². The number of carbonyl (C=O) groups is 2. The third kappa shape index (κ3) is 3.20. The predicted molar refractivity (Wildman–Crippen MR) is 107 cm³/mol. The fraction of sp³-hybridized carbons (Fsp3) is 0.476. The molecule has 0 radical (unpaired) electrons. The van der Waals surface area contributed by atoms with E-state index in [4.69, 9.17) is 0 Å². The van der Waals surface area contributed by atoms with Gasteiger partial charge < -0.3 is 9.80 Å². The lowest BCUT2D eigenvalue weighted by Crippen LogP contribution is -2.62. The van der Waals surface area contributed by atoms with Gasteiger partial charge in [-0.3, -0.25) is 14.5 Å². The van der Waals surface area contributed by atoms with Gasteiger partial charge in [-0.1, -0.05) is 12.1 Å². The van der Waals surface area contributed by atoms with E-state index < -0.39 is 0 Å². The summed E-state index contributed by atoms with van der Waals surface area (Å²) in [5, 5.41) is 4.31. The molecule has 4 rings (SSSR count). The average molecular weight is 381 g/mol. The van der Waals surface area contributed by atoms with Crippen molar-refractivity contribution in [3.8, 4) is 0 Å². The van der Waals surface area contributed by atoms with Crippen LogP contribution in [0.2, 0.25) is 0 Å². The zero-order valence-electron chi connectivity index (χ0n) is 16.4. The van der Waals surface area contributed by atoms with Crippen molar-refractivity contribution in [2.45, 2.75) is 24.8 Å². The maximum absolute atomic E-state index is 13.3. The van der Waals surface area contributed by atoms with Gasteiger partial charge in [-0.05, 0) is 32.0 Å². The van der Waals surface area contributed by atoms with Crippen molar-refractivity contribution in [1.82, 2.24) is 24.3 Å². The molecule has 1 spiro atoms. The van der Waals surface area contributed by atoms with E-state index in [1.165, 1.54) is 0 Å². The Kier molecular flexibility index (Phi) is 4.93. The van der Waals surface area contributed by atoms with Crippen LogP contribution in [0.15, 0.2) is 43.2 Å². The molecule has 2 aromatic heterocycles. The third-order valence-corrected chi connectivity index (χ3v) is 6.30. The number of likely N-dealkylation sites (tertiary alicyclic amines) is 1. The van der Waals surface area contributed by atoms with Crippen molar-refractivity contribution in [2.75, 3.05) is 39.8 Å². The highest BCUT2D eigenvalue weighted by atomic mass is 16.2. The van der Waals surface area contributed by atoms with Crippen LogP contribution in [0.1, 0.15) is 29.6 Å². The summed E-state index contributed by atoms with van der Waals surface area (Å²) in [5.41, 5.74) is 1.30. The van der Waals surface area contributed by atoms with Gasteiger partial charge in [0.15, 0.2) is 0 Å². The van der Waals surface area contributed by atoms with E-state index in [2.05, 4.69) is 23.6 Å². The SMILES string of the molecule is C=CCN1CCC2(CCC1=O)CN(C(=O)c1cnn3ccccc13)CCN2C. The molecule has 2 saturated heterocycles. The van der Waals surface area contributed by atoms with Gasteiger partial charge in [0.1, 0.15) is 0 Å². The molecule has 0 bridgehead atoms. The molecule has 28 heavy (non-hydrogen) atoms. The van der Waals surface area contributed by atoms with Crippen LogP contribution in [0, 0.1) is 0 Å². The molecule has 7 nitrogen and oxygen atoms in total. The van der Waals surface area contributed by atoms with Crippen LogP contribution in [0.3, 0.4) is 0 Å². The number of rotatable bonds is 3. The van der Waals surface area contributed by atoms with Crippen LogP contribution < -0.4 is 0 Å². The molecular weight excluding hydrogens is 354 g/mol. The molecule has 0 aromatic carbocycles. The minimum Gasteiger partial charge on any atom is -0.339 e. The second-order valence-electron chi connectivity index (χ2n) is 7.84. The van der Waals surface area contributed by atoms with Crippen molar-refractivity contribution in [1.29, 1.82) is 0 Å². The van der Waals surface area contributed by atoms with Crippen molar-refractivity contribution in [3.63, 3.8) is 0 Å². The molecule has 2 fully saturated rings. The largest absolute Gasteiger partial charge is 0.339 e. The third-order valence-electron chi connectivity index (χ3n) is 6.30. The number of aromatic nitrogens is 2. The zero-order valence-corrected chi connectivity index (χ0v) is 16.4. The number of nitrogens with zero attached hydrogens (tertiary/aromatic N) is 5. The molecule has 148 valence electrons. The highest BCUT2D eigenvalue weighted by Gasteiger charge is 2.43. The number of likely N-dealkylation sites (N-methyl/N-ethyl adjacent to an activating group) is 1. The number of hydrogen-bond donors (Lipinski definition) is 0. The summed E-state index contributed by atoms with van der Waals surface area (Å²) in [7, 11) is 2.12. The fourth-order valence-electron chi connectivity index (χ4n) is 4.49. The summed E-state index contributed by atoms with van der Waals surface area (Å²) < 4.78 is 1.73. The summed E-state index contributed by atoms with van der Waals surface area (Å²) in [6, 6.07) is 5.74. The second-order valence-corrected chi connectivity index (χ2v) is 7.84. The minimum atomic E-state index is -0.164. The summed E-state index contributed by atoms with van der Waals surface area (Å²) >= 11 is 0. The molecule has 1 unspecified atom stereocenters. The van der Waals surface area contributed by atoms with Crippen molar-refractivity contribution < 1.29 is 9.59 Å². The molecule has 2 amide bonds. The van der Waals surface area contributed by atoms with Crippen LogP contribution in [0.5, 0.6) is 0 Å². The maximum Gasteiger partial charge on any atom is 0.257 e. The van der Waals surface area contributed by atoms with Crippen LogP contribution in [0.25, 0.3) is 5.52 Å². The quantitative estimate of drug-likeness (QED) is 0.759. The first-order valence-corrected chi connectivity index (χ1v) is 9.86. The summed E-state index contributed by atoms with van der Waals surface area (Å²) in [5.74, 6) is 0.198. The first-order chi connectivity index (χ1) is 13.5. The molecule has 0 N–H and O–H groups in total. The molecule has 0 aliphatic carbocycles. The lowest BCUT2D eigenvalue weighted by atomic mass is 9.86. The van der Waals surface area contributed by atoms with E-state index in [1.807, 2.05) is 34.2 Å². The Hall–Kier alpha value is -2.67. The number of carbonyl (C=O) groups excluding carboxylic acids is 2. The molecule has 2 aliphatic heterocycles. The Morgan fingerprint density at radius 1 is 1.29 bits per heavy atom. The van der Waals surface area contributed by atoms with Crippen LogP contribution in [-0.2, 0) is 4.79 Å². The maximum atomic E-state index is 13.3. The van der Waals surface area contributed by atoms with Gasteiger partial charge in [-0.15, -0.1) is 6.58 Å². The summed E-state index contributed by atoms with van der Waals surface area (Å²) in [6.07, 6.45) is 7.43. The molecule has 4 heterocycles. The standard InChI is InChI=1S/C21H27N5O2/c1-3-10-24-12-9-21(8-7-19(24)27)16-25(14-13-23(21)2)20(28)17-15-22-26-11-5-4-6-18(17)26/h3-6,11,15H,1,7-10,12-14,16H2,2H3. The number of pyridine rings is 1. The highest BCUT2D eigenvalue weighted by Crippen LogP contribution is 2.33. The highest BCUT2D eigenvalue weighted by molar-refractivity contribution is 6.00. The topological polar surface area (TPSA) is 61.2 Å². The first-order valence-electron chi connectivity index (χ1n) is 9.86. The number of piperazine rings is 1. The van der Waals surface area contributed by atoms with Gasteiger partial charge in [-0.2, -0.15) is 5.10 Å². The van der Waals surface area contributed by atoms with E-state index in [0.717, 1.165) is 24.9 Å². The molecule has 7 heteroatoms. The normalized spacial score (nSPS) is 24.0. The predicted octanol–water partition coefficient (Wildman–Crippen LogP) is 1.66.